The molecule has 9 unspecified atom stereocenters. The molecule has 0 saturated carbocycles. The highest BCUT2D eigenvalue weighted by molar-refractivity contribution is 5.94. The van der Waals surface area contributed by atoms with Crippen LogP contribution in [0.25, 0.3) is 21.8 Å². The molecule has 0 spiro atoms. The number of aromatic nitrogens is 2. The van der Waals surface area contributed by atoms with Gasteiger partial charge in [0.15, 0.2) is 5.78 Å². The second-order valence-corrected chi connectivity index (χ2v) is 17.2. The Kier molecular flexibility index (Phi) is 8.81. The van der Waals surface area contributed by atoms with E-state index >= 15 is 0 Å². The van der Waals surface area contributed by atoms with Gasteiger partial charge in [0.1, 0.15) is 11.5 Å². The normalized spacial score (nSPS) is 29.1. The van der Waals surface area contributed by atoms with E-state index < -0.39 is 0 Å². The van der Waals surface area contributed by atoms with Crippen LogP contribution in [0, 0.1) is 29.6 Å². The third kappa shape index (κ3) is 5.45. The Hall–Kier alpha value is -4.41. The molecule has 4 aromatic rings. The van der Waals surface area contributed by atoms with Gasteiger partial charge in [-0.1, -0.05) is 18.2 Å². The molecule has 9 atom stereocenters. The fourth-order valence-corrected chi connectivity index (χ4v) is 12.2. The quantitative estimate of drug-likeness (QED) is 0.195. The zero-order valence-electron chi connectivity index (χ0n) is 33.4. The number of carbonyl (C=O) groups is 3. The van der Waals surface area contributed by atoms with Crippen LogP contribution in [0.3, 0.4) is 0 Å². The van der Waals surface area contributed by atoms with Gasteiger partial charge >= 0.3 is 5.97 Å². The molecule has 2 aromatic heterocycles. The van der Waals surface area contributed by atoms with Crippen LogP contribution in [0.2, 0.25) is 0 Å². The molecule has 290 valence electrons. The lowest BCUT2D eigenvalue weighted by Crippen LogP contribution is -2.56. The van der Waals surface area contributed by atoms with Gasteiger partial charge in [0.2, 0.25) is 0 Å². The van der Waals surface area contributed by atoms with Crippen molar-refractivity contribution in [1.29, 1.82) is 0 Å². The summed E-state index contributed by atoms with van der Waals surface area (Å²) in [6, 6.07) is 13.8. The molecule has 10 heteroatoms. The van der Waals surface area contributed by atoms with E-state index in [0.29, 0.717) is 13.0 Å². The maximum Gasteiger partial charge on any atom is 0.302 e. The molecule has 7 heterocycles. The maximum atomic E-state index is 14.0. The van der Waals surface area contributed by atoms with E-state index in [2.05, 4.69) is 83.5 Å². The van der Waals surface area contributed by atoms with Crippen molar-refractivity contribution in [2.45, 2.75) is 77.0 Å². The Bertz CT molecular complexity index is 2280. The highest BCUT2D eigenvalue weighted by atomic mass is 16.5. The fourth-order valence-electron chi connectivity index (χ4n) is 12.2. The number of carbonyl (C=O) groups excluding carboxylic acids is 3. The minimum atomic E-state index is -0.291. The molecular weight excluding hydrogens is 693 g/mol. The smallest absolute Gasteiger partial charge is 0.302 e. The number of hydrogen-bond donors (Lipinski definition) is 0. The molecule has 2 saturated heterocycles. The number of aryl methyl sites for hydroxylation is 2. The number of piperidine rings is 2. The topological polar surface area (TPSA) is 95.2 Å². The lowest BCUT2D eigenvalue weighted by molar-refractivity contribution is -0.147. The van der Waals surface area contributed by atoms with Crippen LogP contribution < -0.4 is 4.74 Å². The van der Waals surface area contributed by atoms with Crippen molar-refractivity contribution in [1.82, 2.24) is 18.9 Å². The number of fused-ring (bicyclic) bond motifs is 14. The third-order valence-corrected chi connectivity index (χ3v) is 14.8. The summed E-state index contributed by atoms with van der Waals surface area (Å²) in [5.74, 6) is 0.882. The van der Waals surface area contributed by atoms with Gasteiger partial charge in [-0.25, -0.2) is 0 Å². The Morgan fingerprint density at radius 2 is 1.53 bits per heavy atom. The molecule has 4 bridgehead atoms. The standard InChI is InChI=1S/C45H54N4O6/c1-23(50)28(29-15-41-44-32(27-11-9-10-12-37(27)48(44)6)17-39(47(41)5)36(29)22-55-25(3)52)13-26-14-31-33-18-38-35-21-54-20-34(24(2)51)30(35)16-42(46(38)4)45(33)49(7)40(31)19-43(26)53-8/h9-12,14,19-20,28-30,35-36,38-39,41-42H,13,15-18,21-22H2,1-8H3. The molecule has 0 aliphatic carbocycles. The predicted molar refractivity (Wildman–Crippen MR) is 211 cm³/mol. The van der Waals surface area contributed by atoms with Crippen molar-refractivity contribution >= 4 is 39.3 Å². The molecular formula is C45H54N4O6. The van der Waals surface area contributed by atoms with Crippen LogP contribution in [0.1, 0.15) is 73.8 Å². The van der Waals surface area contributed by atoms with E-state index in [1.54, 1.807) is 27.2 Å². The lowest BCUT2D eigenvalue weighted by atomic mass is 9.64. The van der Waals surface area contributed by atoms with Gasteiger partial charge in [0.05, 0.1) is 44.2 Å². The summed E-state index contributed by atoms with van der Waals surface area (Å²) >= 11 is 0. The Balaban J connectivity index is 1.11. The molecule has 9 rings (SSSR count). The first-order chi connectivity index (χ1) is 26.4. The van der Waals surface area contributed by atoms with Crippen LogP contribution >= 0.6 is 0 Å². The summed E-state index contributed by atoms with van der Waals surface area (Å²) in [5.41, 5.74) is 9.59. The van der Waals surface area contributed by atoms with E-state index in [1.807, 2.05) is 0 Å². The highest BCUT2D eigenvalue weighted by Gasteiger charge is 2.52. The first-order valence-electron chi connectivity index (χ1n) is 20.0. The summed E-state index contributed by atoms with van der Waals surface area (Å²) in [5, 5.41) is 2.51. The van der Waals surface area contributed by atoms with E-state index in [1.165, 1.54) is 45.7 Å². The minimum Gasteiger partial charge on any atom is -0.500 e. The van der Waals surface area contributed by atoms with Crippen LogP contribution in [0.4, 0.5) is 0 Å². The third-order valence-electron chi connectivity index (χ3n) is 14.8. The van der Waals surface area contributed by atoms with E-state index in [-0.39, 0.29) is 77.9 Å². The number of nitrogens with zero attached hydrogens (tertiary/aromatic N) is 4. The van der Waals surface area contributed by atoms with Gasteiger partial charge in [0.25, 0.3) is 0 Å². The van der Waals surface area contributed by atoms with Crippen LogP contribution in [-0.2, 0) is 57.2 Å². The number of Topliss-reactive ketones (excluding diaryl/α,β-unsaturated/α-hetero) is 2. The number of hydrogen-bond acceptors (Lipinski definition) is 8. The van der Waals surface area contributed by atoms with Gasteiger partial charge < -0.3 is 23.3 Å². The average Bonchev–Trinajstić information content (AvgIpc) is 3.58. The van der Waals surface area contributed by atoms with Crippen LogP contribution in [0.5, 0.6) is 5.75 Å². The molecule has 2 fully saturated rings. The summed E-state index contributed by atoms with van der Waals surface area (Å²) < 4.78 is 22.6. The van der Waals surface area contributed by atoms with E-state index in [4.69, 9.17) is 14.2 Å². The Morgan fingerprint density at radius 1 is 0.855 bits per heavy atom. The zero-order chi connectivity index (χ0) is 38.6. The van der Waals surface area contributed by atoms with E-state index in [9.17, 15) is 14.4 Å². The van der Waals surface area contributed by atoms with Crippen LogP contribution in [0.15, 0.2) is 48.2 Å². The number of esters is 1. The molecule has 55 heavy (non-hydrogen) atoms. The first-order valence-corrected chi connectivity index (χ1v) is 20.0. The molecule has 5 aliphatic rings. The largest absolute Gasteiger partial charge is 0.500 e. The molecule has 0 radical (unpaired) electrons. The molecule has 5 aliphatic heterocycles. The van der Waals surface area contributed by atoms with E-state index in [0.717, 1.165) is 48.1 Å². The average molecular weight is 747 g/mol. The van der Waals surface area contributed by atoms with Gasteiger partial charge in [0, 0.05) is 90.2 Å². The van der Waals surface area contributed by atoms with Crippen molar-refractivity contribution in [2.24, 2.45) is 43.7 Å². The Labute approximate surface area is 323 Å². The maximum absolute atomic E-state index is 14.0. The number of methoxy groups -OCH3 is 1. The number of ketones is 2. The molecule has 0 N–H and O–H groups in total. The number of allylic oxidation sites excluding steroid dienone is 1. The van der Waals surface area contributed by atoms with Crippen molar-refractivity contribution in [3.05, 3.63) is 76.3 Å². The number of para-hydroxylation sites is 1. The second kappa shape index (κ2) is 13.4. The summed E-state index contributed by atoms with van der Waals surface area (Å²) in [6.07, 6.45) is 5.64. The van der Waals surface area contributed by atoms with Crippen molar-refractivity contribution in [3.8, 4) is 5.75 Å². The van der Waals surface area contributed by atoms with Gasteiger partial charge in [-0.15, -0.1) is 0 Å². The predicted octanol–water partition coefficient (Wildman–Crippen LogP) is 6.26. The SMILES string of the molecule is COc1cc2c(cc1CC(C(C)=O)C1CC3c4c(c5ccccc5n4C)CC(C1COC(C)=O)N3C)c1c(n2C)C2CC3C(C(C)=O)=COCC3C(C1)N2C. The fraction of sp³-hybridized carbons (Fsp3) is 0.533. The number of benzene rings is 2. The van der Waals surface area contributed by atoms with Gasteiger partial charge in [-0.3, -0.25) is 24.2 Å². The number of likely N-dealkylation sites (N-methyl/N-ethyl adjacent to an activating group) is 2. The zero-order valence-corrected chi connectivity index (χ0v) is 33.4. The molecule has 10 nitrogen and oxygen atoms in total. The van der Waals surface area contributed by atoms with Gasteiger partial charge in [-0.05, 0) is 101 Å². The lowest BCUT2D eigenvalue weighted by Gasteiger charge is -2.53. The van der Waals surface area contributed by atoms with Crippen molar-refractivity contribution < 1.29 is 28.6 Å². The summed E-state index contributed by atoms with van der Waals surface area (Å²) in [4.78, 5) is 44.1. The summed E-state index contributed by atoms with van der Waals surface area (Å²) in [7, 11) is 10.5. The van der Waals surface area contributed by atoms with Crippen molar-refractivity contribution in [3.63, 3.8) is 0 Å². The molecule has 2 aromatic carbocycles. The van der Waals surface area contributed by atoms with Crippen LogP contribution in [-0.4, -0.2) is 83.0 Å². The number of ether oxygens (including phenoxy) is 3. The summed E-state index contributed by atoms with van der Waals surface area (Å²) in [6.45, 7) is 5.78. The minimum absolute atomic E-state index is 0.000860. The second-order valence-electron chi connectivity index (χ2n) is 17.2. The number of rotatable bonds is 8. The van der Waals surface area contributed by atoms with Gasteiger partial charge in [-0.2, -0.15) is 0 Å². The van der Waals surface area contributed by atoms with Crippen molar-refractivity contribution in [2.75, 3.05) is 34.4 Å². The monoisotopic (exact) mass is 746 g/mol. The Morgan fingerprint density at radius 3 is 2.24 bits per heavy atom. The molecule has 0 amide bonds. The highest BCUT2D eigenvalue weighted by Crippen LogP contribution is 2.54. The first kappa shape index (κ1) is 36.2.